The Labute approximate surface area is 178 Å². The Balaban J connectivity index is 1.46. The molecule has 2 aromatic carbocycles. The average molecular weight is 423 g/mol. The summed E-state index contributed by atoms with van der Waals surface area (Å²) in [5, 5.41) is 9.49. The van der Waals surface area contributed by atoms with Gasteiger partial charge in [-0.3, -0.25) is 0 Å². The predicted molar refractivity (Wildman–Crippen MR) is 116 cm³/mol. The standard InChI is InChI=1S/C23H22N2O4S/c1-13-5-6-14(2)19(7-13)27-11-21-24-25-23(29-21)30-12-17-10-22(26)28-20-9-16(4)15(3)8-18(17)20/h5-10H,11-12H2,1-4H3. The minimum atomic E-state index is -0.366. The molecular formula is C23H22N2O4S. The van der Waals surface area contributed by atoms with Gasteiger partial charge in [0, 0.05) is 17.2 Å². The SMILES string of the molecule is Cc1ccc(C)c(OCc2nnc(SCc3cc(=O)oc4cc(C)c(C)cc34)o2)c1. The van der Waals surface area contributed by atoms with E-state index in [0.29, 0.717) is 22.4 Å². The van der Waals surface area contributed by atoms with Crippen molar-refractivity contribution in [3.05, 3.63) is 80.5 Å². The molecule has 0 radical (unpaired) electrons. The smallest absolute Gasteiger partial charge is 0.336 e. The zero-order chi connectivity index (χ0) is 21.3. The molecule has 0 bridgehead atoms. The lowest BCUT2D eigenvalue weighted by atomic mass is 10.0. The Morgan fingerprint density at radius 2 is 1.73 bits per heavy atom. The Hall–Kier alpha value is -3.06. The van der Waals surface area contributed by atoms with E-state index in [1.165, 1.54) is 17.8 Å². The van der Waals surface area contributed by atoms with Gasteiger partial charge in [0.05, 0.1) is 0 Å². The summed E-state index contributed by atoms with van der Waals surface area (Å²) in [6.45, 7) is 8.25. The molecule has 0 aliphatic rings. The highest BCUT2D eigenvalue weighted by Gasteiger charge is 2.12. The lowest BCUT2D eigenvalue weighted by Crippen LogP contribution is -2.00. The number of rotatable bonds is 6. The van der Waals surface area contributed by atoms with Gasteiger partial charge in [-0.2, -0.15) is 0 Å². The molecule has 0 aliphatic carbocycles. The van der Waals surface area contributed by atoms with Crippen LogP contribution in [0.25, 0.3) is 11.0 Å². The van der Waals surface area contributed by atoms with E-state index < -0.39 is 0 Å². The summed E-state index contributed by atoms with van der Waals surface area (Å²) in [5.41, 5.74) is 5.51. The molecule has 7 heteroatoms. The third-order valence-electron chi connectivity index (χ3n) is 4.94. The molecule has 2 aromatic heterocycles. The number of nitrogens with zero attached hydrogens (tertiary/aromatic N) is 2. The van der Waals surface area contributed by atoms with E-state index in [-0.39, 0.29) is 12.2 Å². The van der Waals surface area contributed by atoms with Crippen molar-refractivity contribution >= 4 is 22.7 Å². The number of benzene rings is 2. The number of thioether (sulfide) groups is 1. The van der Waals surface area contributed by atoms with Gasteiger partial charge >= 0.3 is 5.63 Å². The van der Waals surface area contributed by atoms with Crippen LogP contribution < -0.4 is 10.4 Å². The molecule has 154 valence electrons. The van der Waals surface area contributed by atoms with E-state index in [0.717, 1.165) is 39.0 Å². The first kappa shape index (κ1) is 20.2. The monoisotopic (exact) mass is 422 g/mol. The van der Waals surface area contributed by atoms with Crippen LogP contribution in [-0.4, -0.2) is 10.2 Å². The van der Waals surface area contributed by atoms with Gasteiger partial charge < -0.3 is 13.6 Å². The maximum Gasteiger partial charge on any atom is 0.336 e. The topological polar surface area (TPSA) is 78.4 Å². The lowest BCUT2D eigenvalue weighted by Gasteiger charge is -2.07. The number of ether oxygens (including phenoxy) is 1. The Morgan fingerprint density at radius 1 is 0.933 bits per heavy atom. The van der Waals surface area contributed by atoms with Gasteiger partial charge in [-0.1, -0.05) is 23.9 Å². The van der Waals surface area contributed by atoms with Crippen LogP contribution in [0.3, 0.4) is 0 Å². The molecule has 2 heterocycles. The van der Waals surface area contributed by atoms with Crippen LogP contribution >= 0.6 is 11.8 Å². The summed E-state index contributed by atoms with van der Waals surface area (Å²) in [6.07, 6.45) is 0. The largest absolute Gasteiger partial charge is 0.484 e. The van der Waals surface area contributed by atoms with E-state index in [4.69, 9.17) is 13.6 Å². The highest BCUT2D eigenvalue weighted by Crippen LogP contribution is 2.28. The lowest BCUT2D eigenvalue weighted by molar-refractivity contribution is 0.250. The summed E-state index contributed by atoms with van der Waals surface area (Å²) in [4.78, 5) is 11.9. The first-order valence-electron chi connectivity index (χ1n) is 9.58. The number of hydrogen-bond donors (Lipinski definition) is 0. The molecule has 0 spiro atoms. The van der Waals surface area contributed by atoms with Gasteiger partial charge in [-0.05, 0) is 73.7 Å². The minimum absolute atomic E-state index is 0.203. The van der Waals surface area contributed by atoms with Gasteiger partial charge in [0.15, 0.2) is 6.61 Å². The summed E-state index contributed by atoms with van der Waals surface area (Å²) < 4.78 is 16.9. The van der Waals surface area contributed by atoms with Crippen LogP contribution in [0.2, 0.25) is 0 Å². The van der Waals surface area contributed by atoms with Crippen molar-refractivity contribution in [2.45, 2.75) is 45.3 Å². The van der Waals surface area contributed by atoms with Crippen LogP contribution in [0.5, 0.6) is 5.75 Å². The van der Waals surface area contributed by atoms with Gasteiger partial charge in [-0.25, -0.2) is 4.79 Å². The summed E-state index contributed by atoms with van der Waals surface area (Å²) in [7, 11) is 0. The number of aromatic nitrogens is 2. The second-order valence-corrected chi connectivity index (χ2v) is 8.26. The Kier molecular flexibility index (Phi) is 5.63. The van der Waals surface area contributed by atoms with Crippen LogP contribution in [-0.2, 0) is 12.4 Å². The zero-order valence-corrected chi connectivity index (χ0v) is 18.1. The summed E-state index contributed by atoms with van der Waals surface area (Å²) in [5.74, 6) is 1.72. The van der Waals surface area contributed by atoms with Crippen molar-refractivity contribution in [3.63, 3.8) is 0 Å². The second kappa shape index (κ2) is 8.36. The first-order valence-corrected chi connectivity index (χ1v) is 10.6. The van der Waals surface area contributed by atoms with Crippen LogP contribution in [0.15, 0.2) is 55.2 Å². The van der Waals surface area contributed by atoms with E-state index in [1.807, 2.05) is 58.0 Å². The van der Waals surface area contributed by atoms with Crippen molar-refractivity contribution in [1.82, 2.24) is 10.2 Å². The van der Waals surface area contributed by atoms with Crippen molar-refractivity contribution in [1.29, 1.82) is 0 Å². The fraction of sp³-hybridized carbons (Fsp3) is 0.261. The summed E-state index contributed by atoms with van der Waals surface area (Å²) in [6, 6.07) is 11.5. The molecule has 0 aliphatic heterocycles. The highest BCUT2D eigenvalue weighted by molar-refractivity contribution is 7.98. The number of hydrogen-bond acceptors (Lipinski definition) is 7. The summed E-state index contributed by atoms with van der Waals surface area (Å²) >= 11 is 1.38. The van der Waals surface area contributed by atoms with Crippen molar-refractivity contribution in [2.75, 3.05) is 0 Å². The number of aryl methyl sites for hydroxylation is 4. The molecule has 0 saturated carbocycles. The van der Waals surface area contributed by atoms with Gasteiger partial charge in [0.2, 0.25) is 0 Å². The normalized spacial score (nSPS) is 11.2. The molecule has 0 fully saturated rings. The third kappa shape index (κ3) is 4.41. The molecule has 0 N–H and O–H groups in total. The van der Waals surface area contributed by atoms with E-state index in [1.54, 1.807) is 0 Å². The van der Waals surface area contributed by atoms with Crippen LogP contribution in [0.4, 0.5) is 0 Å². The fourth-order valence-electron chi connectivity index (χ4n) is 3.10. The van der Waals surface area contributed by atoms with Gasteiger partial charge in [-0.15, -0.1) is 10.2 Å². The molecule has 0 saturated heterocycles. The zero-order valence-electron chi connectivity index (χ0n) is 17.3. The van der Waals surface area contributed by atoms with E-state index in [9.17, 15) is 4.79 Å². The molecule has 4 aromatic rings. The van der Waals surface area contributed by atoms with E-state index >= 15 is 0 Å². The second-order valence-electron chi connectivity index (χ2n) is 7.33. The van der Waals surface area contributed by atoms with Gasteiger partial charge in [0.25, 0.3) is 11.1 Å². The highest BCUT2D eigenvalue weighted by atomic mass is 32.2. The van der Waals surface area contributed by atoms with Crippen molar-refractivity contribution in [2.24, 2.45) is 0 Å². The first-order chi connectivity index (χ1) is 14.4. The van der Waals surface area contributed by atoms with Crippen LogP contribution in [0.1, 0.15) is 33.7 Å². The maximum atomic E-state index is 11.9. The van der Waals surface area contributed by atoms with Crippen LogP contribution in [0, 0.1) is 27.7 Å². The van der Waals surface area contributed by atoms with E-state index in [2.05, 4.69) is 10.2 Å². The van der Waals surface area contributed by atoms with Gasteiger partial charge in [0.1, 0.15) is 11.3 Å². The van der Waals surface area contributed by atoms with Crippen molar-refractivity contribution in [3.8, 4) is 5.75 Å². The molecule has 4 rings (SSSR count). The molecule has 0 amide bonds. The third-order valence-corrected chi connectivity index (χ3v) is 5.81. The van der Waals surface area contributed by atoms with Crippen molar-refractivity contribution < 1.29 is 13.6 Å². The number of fused-ring (bicyclic) bond motifs is 1. The maximum absolute atomic E-state index is 11.9. The molecule has 6 nitrogen and oxygen atoms in total. The minimum Gasteiger partial charge on any atom is -0.484 e. The molecule has 30 heavy (non-hydrogen) atoms. The fourth-order valence-corrected chi connectivity index (χ4v) is 3.87. The molecular weight excluding hydrogens is 400 g/mol. The Morgan fingerprint density at radius 3 is 2.57 bits per heavy atom. The quantitative estimate of drug-likeness (QED) is 0.309. The Bertz CT molecular complexity index is 1280. The molecule has 0 atom stereocenters. The average Bonchev–Trinajstić information content (AvgIpc) is 3.16. The predicted octanol–water partition coefficient (Wildman–Crippen LogP) is 5.28. The molecule has 0 unspecified atom stereocenters.